The van der Waals surface area contributed by atoms with Crippen LogP contribution in [0.4, 0.5) is 4.39 Å². The number of fused-ring (bicyclic) bond motifs is 1. The molecule has 2 aromatic carbocycles. The Morgan fingerprint density at radius 2 is 1.96 bits per heavy atom. The normalized spacial score (nSPS) is 11.9. The smallest absolute Gasteiger partial charge is 0.286 e. The molecule has 3 rings (SSSR count). The number of ether oxygens (including phenoxy) is 1. The minimum atomic E-state index is -0.497. The standard InChI is InChI=1S/C18H17FN2O2S/c1-11-8-14-16(9-12(11)2)24-18(21(14)3)20-17(22)10-23-15-7-5-4-6-13(15)19/h4-9H,10H2,1-3H3. The molecule has 0 aliphatic carbocycles. The summed E-state index contributed by atoms with van der Waals surface area (Å²) >= 11 is 1.45. The number of halogens is 1. The summed E-state index contributed by atoms with van der Waals surface area (Å²) in [4.78, 5) is 16.7. The van der Waals surface area contributed by atoms with Gasteiger partial charge in [0.25, 0.3) is 5.91 Å². The van der Waals surface area contributed by atoms with E-state index in [2.05, 4.69) is 31.0 Å². The van der Waals surface area contributed by atoms with Crippen molar-refractivity contribution in [3.63, 3.8) is 0 Å². The van der Waals surface area contributed by atoms with Crippen LogP contribution in [0.2, 0.25) is 0 Å². The van der Waals surface area contributed by atoms with Crippen molar-refractivity contribution in [2.24, 2.45) is 12.0 Å². The maximum atomic E-state index is 13.5. The molecule has 3 aromatic rings. The summed E-state index contributed by atoms with van der Waals surface area (Å²) in [6, 6.07) is 10.2. The fourth-order valence-corrected chi connectivity index (χ4v) is 3.44. The van der Waals surface area contributed by atoms with Crippen molar-refractivity contribution < 1.29 is 13.9 Å². The van der Waals surface area contributed by atoms with Crippen LogP contribution in [0.25, 0.3) is 10.2 Å². The second-order valence-corrected chi connectivity index (χ2v) is 6.58. The molecule has 0 atom stereocenters. The number of hydrogen-bond donors (Lipinski definition) is 0. The van der Waals surface area contributed by atoms with Crippen LogP contribution in [0.15, 0.2) is 41.4 Å². The topological polar surface area (TPSA) is 43.6 Å². The lowest BCUT2D eigenvalue weighted by Crippen LogP contribution is -2.17. The summed E-state index contributed by atoms with van der Waals surface area (Å²) < 4.78 is 21.6. The average Bonchev–Trinajstić information content (AvgIpc) is 2.83. The average molecular weight is 344 g/mol. The maximum absolute atomic E-state index is 13.5. The summed E-state index contributed by atoms with van der Waals surface area (Å²) in [5.41, 5.74) is 3.42. The first kappa shape index (κ1) is 16.4. The number of rotatable bonds is 3. The van der Waals surface area contributed by atoms with E-state index in [1.807, 2.05) is 11.6 Å². The first-order valence-corrected chi connectivity index (χ1v) is 8.29. The molecule has 0 radical (unpaired) electrons. The Bertz CT molecular complexity index is 988. The van der Waals surface area contributed by atoms with Gasteiger partial charge in [0, 0.05) is 7.05 Å². The number of para-hydroxylation sites is 1. The fraction of sp³-hybridized carbons (Fsp3) is 0.222. The molecule has 0 saturated heterocycles. The lowest BCUT2D eigenvalue weighted by atomic mass is 10.1. The molecule has 0 bridgehead atoms. The monoisotopic (exact) mass is 344 g/mol. The highest BCUT2D eigenvalue weighted by Crippen LogP contribution is 2.21. The molecule has 0 aliphatic heterocycles. The van der Waals surface area contributed by atoms with E-state index >= 15 is 0 Å². The number of aryl methyl sites for hydroxylation is 3. The van der Waals surface area contributed by atoms with Gasteiger partial charge in [-0.1, -0.05) is 23.5 Å². The number of carbonyl (C=O) groups excluding carboxylic acids is 1. The van der Waals surface area contributed by atoms with E-state index in [1.165, 1.54) is 34.6 Å². The van der Waals surface area contributed by atoms with E-state index in [0.29, 0.717) is 4.80 Å². The van der Waals surface area contributed by atoms with Crippen molar-refractivity contribution in [1.29, 1.82) is 0 Å². The Labute approximate surface area is 142 Å². The van der Waals surface area contributed by atoms with Gasteiger partial charge in [-0.3, -0.25) is 4.79 Å². The van der Waals surface area contributed by atoms with Crippen molar-refractivity contribution in [3.05, 3.63) is 58.1 Å². The van der Waals surface area contributed by atoms with E-state index in [9.17, 15) is 9.18 Å². The summed E-state index contributed by atoms with van der Waals surface area (Å²) in [5, 5.41) is 0. The molecule has 0 fully saturated rings. The van der Waals surface area contributed by atoms with Crippen molar-refractivity contribution in [2.75, 3.05) is 6.61 Å². The molecule has 6 heteroatoms. The predicted octanol–water partition coefficient (Wildman–Crippen LogP) is 3.50. The molecule has 24 heavy (non-hydrogen) atoms. The number of amides is 1. The molecule has 4 nitrogen and oxygen atoms in total. The van der Waals surface area contributed by atoms with Gasteiger partial charge in [0.15, 0.2) is 23.0 Å². The first-order valence-electron chi connectivity index (χ1n) is 7.47. The van der Waals surface area contributed by atoms with Crippen molar-refractivity contribution in [2.45, 2.75) is 13.8 Å². The van der Waals surface area contributed by atoms with Crippen molar-refractivity contribution in [1.82, 2.24) is 4.57 Å². The Balaban J connectivity index is 1.85. The summed E-state index contributed by atoms with van der Waals surface area (Å²) in [7, 11) is 1.87. The van der Waals surface area contributed by atoms with Gasteiger partial charge in [-0.05, 0) is 49.2 Å². The molecular weight excluding hydrogens is 327 g/mol. The molecule has 0 N–H and O–H groups in total. The summed E-state index contributed by atoms with van der Waals surface area (Å²) in [6.07, 6.45) is 0. The quantitative estimate of drug-likeness (QED) is 0.730. The van der Waals surface area contributed by atoms with Crippen LogP contribution in [-0.2, 0) is 11.8 Å². The Morgan fingerprint density at radius 3 is 2.71 bits per heavy atom. The van der Waals surface area contributed by atoms with Gasteiger partial charge in [0.05, 0.1) is 10.2 Å². The van der Waals surface area contributed by atoms with Crippen LogP contribution < -0.4 is 9.54 Å². The van der Waals surface area contributed by atoms with Crippen LogP contribution >= 0.6 is 11.3 Å². The van der Waals surface area contributed by atoms with Crippen LogP contribution in [-0.4, -0.2) is 17.1 Å². The summed E-state index contributed by atoms with van der Waals surface area (Å²) in [6.45, 7) is 3.81. The van der Waals surface area contributed by atoms with Crippen LogP contribution in [0.1, 0.15) is 11.1 Å². The number of benzene rings is 2. The zero-order chi connectivity index (χ0) is 17.3. The van der Waals surface area contributed by atoms with Gasteiger partial charge in [0.2, 0.25) is 0 Å². The van der Waals surface area contributed by atoms with E-state index in [-0.39, 0.29) is 12.4 Å². The summed E-state index contributed by atoms with van der Waals surface area (Å²) in [5.74, 6) is -0.898. The fourth-order valence-electron chi connectivity index (χ4n) is 2.33. The Kier molecular flexibility index (Phi) is 4.49. The van der Waals surface area contributed by atoms with Crippen LogP contribution in [0, 0.1) is 19.7 Å². The first-order chi connectivity index (χ1) is 11.5. The molecule has 0 spiro atoms. The van der Waals surface area contributed by atoms with Gasteiger partial charge < -0.3 is 9.30 Å². The SMILES string of the molecule is Cc1cc2sc(=NC(=O)COc3ccccc3F)n(C)c2cc1C. The molecule has 1 heterocycles. The Hall–Kier alpha value is -2.47. The highest BCUT2D eigenvalue weighted by atomic mass is 32.1. The number of nitrogens with zero attached hydrogens (tertiary/aromatic N) is 2. The number of aromatic nitrogens is 1. The lowest BCUT2D eigenvalue weighted by Gasteiger charge is -2.03. The van der Waals surface area contributed by atoms with Crippen molar-refractivity contribution in [3.8, 4) is 5.75 Å². The van der Waals surface area contributed by atoms with Gasteiger partial charge in [0.1, 0.15) is 0 Å². The maximum Gasteiger partial charge on any atom is 0.286 e. The highest BCUT2D eigenvalue weighted by molar-refractivity contribution is 7.16. The van der Waals surface area contributed by atoms with Gasteiger partial charge in [-0.25, -0.2) is 4.39 Å². The minimum absolute atomic E-state index is 0.0491. The molecule has 1 amide bonds. The highest BCUT2D eigenvalue weighted by Gasteiger charge is 2.08. The zero-order valence-electron chi connectivity index (χ0n) is 13.7. The van der Waals surface area contributed by atoms with Gasteiger partial charge >= 0.3 is 0 Å². The molecule has 0 aliphatic rings. The lowest BCUT2D eigenvalue weighted by molar-refractivity contribution is -0.120. The molecule has 1 aromatic heterocycles. The number of hydrogen-bond acceptors (Lipinski definition) is 3. The molecular formula is C18H17FN2O2S. The minimum Gasteiger partial charge on any atom is -0.481 e. The second-order valence-electron chi connectivity index (χ2n) is 5.57. The van der Waals surface area contributed by atoms with E-state index < -0.39 is 11.7 Å². The van der Waals surface area contributed by atoms with E-state index in [1.54, 1.807) is 12.1 Å². The Morgan fingerprint density at radius 1 is 1.25 bits per heavy atom. The van der Waals surface area contributed by atoms with Crippen LogP contribution in [0.5, 0.6) is 5.75 Å². The second kappa shape index (κ2) is 6.57. The third kappa shape index (κ3) is 3.23. The molecule has 124 valence electrons. The number of thiazole rings is 1. The van der Waals surface area contributed by atoms with Crippen LogP contribution in [0.3, 0.4) is 0 Å². The van der Waals surface area contributed by atoms with Crippen molar-refractivity contribution >= 4 is 27.5 Å². The largest absolute Gasteiger partial charge is 0.481 e. The molecule has 0 saturated carbocycles. The van der Waals surface area contributed by atoms with E-state index in [4.69, 9.17) is 4.74 Å². The predicted molar refractivity (Wildman–Crippen MR) is 92.7 cm³/mol. The van der Waals surface area contributed by atoms with E-state index in [0.717, 1.165) is 10.2 Å². The van der Waals surface area contributed by atoms with Gasteiger partial charge in [-0.15, -0.1) is 0 Å². The number of carbonyl (C=O) groups is 1. The molecule has 0 unspecified atom stereocenters. The van der Waals surface area contributed by atoms with Gasteiger partial charge in [-0.2, -0.15) is 4.99 Å². The third-order valence-electron chi connectivity index (χ3n) is 3.83. The third-order valence-corrected chi connectivity index (χ3v) is 4.93. The zero-order valence-corrected chi connectivity index (χ0v) is 14.5.